The zero-order valence-electron chi connectivity index (χ0n) is 8.03. The van der Waals surface area contributed by atoms with Gasteiger partial charge in [-0.15, -0.1) is 0 Å². The first kappa shape index (κ1) is 9.92. The third-order valence-corrected chi connectivity index (χ3v) is 2.80. The number of nitrogens with two attached hydrogens (primary N) is 1. The molecule has 0 amide bonds. The standard InChI is InChI=1S/C10H9FN2OS/c1-14-8-3-2-6(4-7(8)11)10-13-5-9(12)15-10/h2-5H,12H2,1H3. The average Bonchev–Trinajstić information content (AvgIpc) is 2.65. The molecule has 0 unspecified atom stereocenters. The number of nitrogens with zero attached hydrogens (tertiary/aromatic N) is 1. The van der Waals surface area contributed by atoms with Crippen LogP contribution in [0.25, 0.3) is 10.6 Å². The van der Waals surface area contributed by atoms with E-state index in [9.17, 15) is 4.39 Å². The van der Waals surface area contributed by atoms with Crippen molar-refractivity contribution in [3.63, 3.8) is 0 Å². The van der Waals surface area contributed by atoms with Crippen molar-refractivity contribution in [1.82, 2.24) is 4.98 Å². The number of aromatic nitrogens is 1. The minimum absolute atomic E-state index is 0.225. The number of anilines is 1. The number of rotatable bonds is 2. The minimum atomic E-state index is -0.399. The highest BCUT2D eigenvalue weighted by molar-refractivity contribution is 7.18. The van der Waals surface area contributed by atoms with Crippen molar-refractivity contribution in [2.45, 2.75) is 0 Å². The molecule has 0 bridgehead atoms. The largest absolute Gasteiger partial charge is 0.494 e. The second-order valence-corrected chi connectivity index (χ2v) is 3.98. The van der Waals surface area contributed by atoms with Gasteiger partial charge in [0.2, 0.25) is 0 Å². The molecule has 1 aromatic carbocycles. The Hall–Kier alpha value is -1.62. The van der Waals surface area contributed by atoms with Gasteiger partial charge in [-0.3, -0.25) is 0 Å². The van der Waals surface area contributed by atoms with Crippen LogP contribution >= 0.6 is 11.3 Å². The molecule has 0 aliphatic carbocycles. The predicted molar refractivity (Wildman–Crippen MR) is 58.5 cm³/mol. The van der Waals surface area contributed by atoms with E-state index in [1.54, 1.807) is 18.3 Å². The number of ether oxygens (including phenoxy) is 1. The van der Waals surface area contributed by atoms with E-state index in [0.29, 0.717) is 15.6 Å². The third-order valence-electron chi connectivity index (χ3n) is 1.92. The van der Waals surface area contributed by atoms with Gasteiger partial charge in [0.15, 0.2) is 11.6 Å². The van der Waals surface area contributed by atoms with Crippen molar-refractivity contribution in [3.05, 3.63) is 30.2 Å². The lowest BCUT2D eigenvalue weighted by Crippen LogP contribution is -1.88. The van der Waals surface area contributed by atoms with Crippen LogP contribution in [0.3, 0.4) is 0 Å². The maximum Gasteiger partial charge on any atom is 0.165 e. The second-order valence-electron chi connectivity index (χ2n) is 2.92. The van der Waals surface area contributed by atoms with E-state index in [0.717, 1.165) is 0 Å². The molecule has 2 aromatic rings. The maximum absolute atomic E-state index is 13.4. The van der Waals surface area contributed by atoms with Gasteiger partial charge < -0.3 is 10.5 Å². The van der Waals surface area contributed by atoms with Crippen LogP contribution in [0.5, 0.6) is 5.75 Å². The normalized spacial score (nSPS) is 10.3. The molecule has 0 aliphatic rings. The highest BCUT2D eigenvalue weighted by Gasteiger charge is 2.07. The molecule has 0 saturated carbocycles. The van der Waals surface area contributed by atoms with Gasteiger partial charge in [0.25, 0.3) is 0 Å². The molecule has 0 radical (unpaired) electrons. The number of methoxy groups -OCH3 is 1. The fourth-order valence-electron chi connectivity index (χ4n) is 1.22. The molecule has 1 heterocycles. The van der Waals surface area contributed by atoms with Crippen LogP contribution in [-0.2, 0) is 0 Å². The fourth-order valence-corrected chi connectivity index (χ4v) is 1.90. The zero-order chi connectivity index (χ0) is 10.8. The Bertz CT molecular complexity index is 484. The molecule has 15 heavy (non-hydrogen) atoms. The Morgan fingerprint density at radius 2 is 2.27 bits per heavy atom. The SMILES string of the molecule is COc1ccc(-c2ncc(N)s2)cc1F. The summed E-state index contributed by atoms with van der Waals surface area (Å²) >= 11 is 1.32. The smallest absolute Gasteiger partial charge is 0.165 e. The third kappa shape index (κ3) is 1.92. The predicted octanol–water partition coefficient (Wildman–Crippen LogP) is 2.54. The Kier molecular flexibility index (Phi) is 2.55. The maximum atomic E-state index is 13.4. The van der Waals surface area contributed by atoms with Crippen LogP contribution in [0.4, 0.5) is 9.39 Å². The van der Waals surface area contributed by atoms with Gasteiger partial charge in [-0.2, -0.15) is 0 Å². The number of hydrogen-bond acceptors (Lipinski definition) is 4. The van der Waals surface area contributed by atoms with Gasteiger partial charge in [0.05, 0.1) is 13.3 Å². The topological polar surface area (TPSA) is 48.1 Å². The molecule has 5 heteroatoms. The minimum Gasteiger partial charge on any atom is -0.494 e. The Labute approximate surface area is 90.3 Å². The monoisotopic (exact) mass is 224 g/mol. The second kappa shape index (κ2) is 3.86. The van der Waals surface area contributed by atoms with Gasteiger partial charge >= 0.3 is 0 Å². The molecule has 0 aliphatic heterocycles. The van der Waals surface area contributed by atoms with Gasteiger partial charge in [0, 0.05) is 5.56 Å². The molecule has 1 aromatic heterocycles. The average molecular weight is 224 g/mol. The first-order chi connectivity index (χ1) is 7.20. The summed E-state index contributed by atoms with van der Waals surface area (Å²) in [7, 11) is 1.43. The van der Waals surface area contributed by atoms with Crippen molar-refractivity contribution in [1.29, 1.82) is 0 Å². The Morgan fingerprint density at radius 1 is 1.47 bits per heavy atom. The van der Waals surface area contributed by atoms with Crippen LogP contribution in [0.2, 0.25) is 0 Å². The number of thiazole rings is 1. The fraction of sp³-hybridized carbons (Fsp3) is 0.100. The summed E-state index contributed by atoms with van der Waals surface area (Å²) in [6.07, 6.45) is 1.56. The van der Waals surface area contributed by atoms with Gasteiger partial charge in [0.1, 0.15) is 10.0 Å². The molecule has 0 spiro atoms. The van der Waals surface area contributed by atoms with E-state index in [2.05, 4.69) is 4.98 Å². The Morgan fingerprint density at radius 3 is 2.80 bits per heavy atom. The molecule has 3 nitrogen and oxygen atoms in total. The number of hydrogen-bond donors (Lipinski definition) is 1. The van der Waals surface area contributed by atoms with Crippen molar-refractivity contribution in [2.75, 3.05) is 12.8 Å². The Balaban J connectivity index is 2.42. The molecular formula is C10H9FN2OS. The van der Waals surface area contributed by atoms with E-state index < -0.39 is 5.82 Å². The highest BCUT2D eigenvalue weighted by atomic mass is 32.1. The van der Waals surface area contributed by atoms with E-state index in [1.807, 2.05) is 0 Å². The molecule has 2 rings (SSSR count). The van der Waals surface area contributed by atoms with Gasteiger partial charge in [-0.1, -0.05) is 11.3 Å². The van der Waals surface area contributed by atoms with Crippen LogP contribution in [0.15, 0.2) is 24.4 Å². The van der Waals surface area contributed by atoms with Gasteiger partial charge in [-0.05, 0) is 18.2 Å². The first-order valence-electron chi connectivity index (χ1n) is 4.26. The van der Waals surface area contributed by atoms with Crippen LogP contribution < -0.4 is 10.5 Å². The summed E-state index contributed by atoms with van der Waals surface area (Å²) in [6.45, 7) is 0. The highest BCUT2D eigenvalue weighted by Crippen LogP contribution is 2.29. The van der Waals surface area contributed by atoms with Crippen molar-refractivity contribution in [3.8, 4) is 16.3 Å². The lowest BCUT2D eigenvalue weighted by molar-refractivity contribution is 0.386. The number of nitrogen functional groups attached to an aromatic ring is 1. The zero-order valence-corrected chi connectivity index (χ0v) is 8.84. The molecule has 0 fully saturated rings. The van der Waals surface area contributed by atoms with E-state index in [4.69, 9.17) is 10.5 Å². The molecule has 78 valence electrons. The lowest BCUT2D eigenvalue weighted by Gasteiger charge is -2.02. The number of benzene rings is 1. The van der Waals surface area contributed by atoms with Crippen molar-refractivity contribution >= 4 is 16.3 Å². The summed E-state index contributed by atoms with van der Waals surface area (Å²) in [4.78, 5) is 4.07. The van der Waals surface area contributed by atoms with Crippen LogP contribution in [0, 0.1) is 5.82 Å². The quantitative estimate of drug-likeness (QED) is 0.852. The summed E-state index contributed by atoms with van der Waals surface area (Å²) in [5, 5.41) is 1.32. The first-order valence-corrected chi connectivity index (χ1v) is 5.07. The van der Waals surface area contributed by atoms with Crippen LogP contribution in [-0.4, -0.2) is 12.1 Å². The summed E-state index contributed by atoms with van der Waals surface area (Å²) in [5.74, 6) is -0.174. The van der Waals surface area contributed by atoms with E-state index in [1.165, 1.54) is 24.5 Å². The lowest BCUT2D eigenvalue weighted by atomic mass is 10.2. The molecule has 0 atom stereocenters. The summed E-state index contributed by atoms with van der Waals surface area (Å²) in [6, 6.07) is 4.71. The molecular weight excluding hydrogens is 215 g/mol. The molecule has 2 N–H and O–H groups in total. The molecule has 0 saturated heterocycles. The van der Waals surface area contributed by atoms with E-state index >= 15 is 0 Å². The van der Waals surface area contributed by atoms with Crippen molar-refractivity contribution in [2.24, 2.45) is 0 Å². The number of halogens is 1. The van der Waals surface area contributed by atoms with Crippen molar-refractivity contribution < 1.29 is 9.13 Å². The summed E-state index contributed by atoms with van der Waals surface area (Å²) < 4.78 is 18.2. The van der Waals surface area contributed by atoms with Gasteiger partial charge in [-0.25, -0.2) is 9.37 Å². The summed E-state index contributed by atoms with van der Waals surface area (Å²) in [5.41, 5.74) is 6.25. The van der Waals surface area contributed by atoms with E-state index in [-0.39, 0.29) is 5.75 Å². The van der Waals surface area contributed by atoms with Crippen LogP contribution in [0.1, 0.15) is 0 Å².